The second kappa shape index (κ2) is 6.49. The van der Waals surface area contributed by atoms with Crippen LogP contribution in [0, 0.1) is 0 Å². The van der Waals surface area contributed by atoms with Crippen LogP contribution in [0.25, 0.3) is 16.9 Å². The summed E-state index contributed by atoms with van der Waals surface area (Å²) < 4.78 is 2.71. The highest BCUT2D eigenvalue weighted by molar-refractivity contribution is 9.10. The van der Waals surface area contributed by atoms with Crippen LogP contribution in [0.5, 0.6) is 0 Å². The van der Waals surface area contributed by atoms with Gasteiger partial charge >= 0.3 is 0 Å². The maximum absolute atomic E-state index is 12.5. The van der Waals surface area contributed by atoms with Gasteiger partial charge in [-0.2, -0.15) is 0 Å². The number of hydrogen-bond donors (Lipinski definition) is 1. The number of amides is 1. The van der Waals surface area contributed by atoms with Crippen LogP contribution < -0.4 is 5.32 Å². The number of para-hydroxylation sites is 1. The minimum Gasteiger partial charge on any atom is -0.321 e. The number of pyridine rings is 2. The lowest BCUT2D eigenvalue weighted by Crippen LogP contribution is -2.12. The van der Waals surface area contributed by atoms with Crippen LogP contribution in [0.3, 0.4) is 0 Å². The summed E-state index contributed by atoms with van der Waals surface area (Å²) in [4.78, 5) is 21.2. The van der Waals surface area contributed by atoms with Crippen LogP contribution in [-0.2, 0) is 0 Å². The van der Waals surface area contributed by atoms with Crippen molar-refractivity contribution in [3.8, 4) is 11.3 Å². The molecule has 5 nitrogen and oxygen atoms in total. The summed E-state index contributed by atoms with van der Waals surface area (Å²) >= 11 is 3.33. The first-order valence-corrected chi connectivity index (χ1v) is 8.45. The smallest absolute Gasteiger partial charge is 0.257 e. The molecule has 0 aliphatic rings. The van der Waals surface area contributed by atoms with Crippen molar-refractivity contribution in [2.24, 2.45) is 0 Å². The number of hydrogen-bond acceptors (Lipinski definition) is 3. The zero-order chi connectivity index (χ0) is 17.2. The van der Waals surface area contributed by atoms with Crippen molar-refractivity contribution in [1.29, 1.82) is 0 Å². The Morgan fingerprint density at radius 2 is 1.92 bits per heavy atom. The number of fused-ring (bicyclic) bond motifs is 1. The third-order valence-corrected chi connectivity index (χ3v) is 4.22. The molecule has 1 N–H and O–H groups in total. The van der Waals surface area contributed by atoms with E-state index in [4.69, 9.17) is 0 Å². The molecule has 0 fully saturated rings. The molecule has 1 aromatic carbocycles. The van der Waals surface area contributed by atoms with E-state index in [0.717, 1.165) is 21.4 Å². The molecule has 122 valence electrons. The number of nitrogens with zero attached hydrogens (tertiary/aromatic N) is 3. The van der Waals surface area contributed by atoms with E-state index in [1.54, 1.807) is 12.3 Å². The van der Waals surface area contributed by atoms with E-state index in [-0.39, 0.29) is 5.91 Å². The number of halogens is 1. The molecular weight excluding hydrogens is 380 g/mol. The van der Waals surface area contributed by atoms with Gasteiger partial charge in [0.15, 0.2) is 0 Å². The van der Waals surface area contributed by atoms with Gasteiger partial charge in [0.05, 0.1) is 16.9 Å². The van der Waals surface area contributed by atoms with Crippen molar-refractivity contribution < 1.29 is 4.79 Å². The van der Waals surface area contributed by atoms with Gasteiger partial charge in [0.1, 0.15) is 5.65 Å². The maximum Gasteiger partial charge on any atom is 0.257 e. The van der Waals surface area contributed by atoms with E-state index in [2.05, 4.69) is 31.2 Å². The van der Waals surface area contributed by atoms with Gasteiger partial charge in [-0.25, -0.2) is 4.98 Å². The summed E-state index contributed by atoms with van der Waals surface area (Å²) in [6, 6.07) is 15.2. The molecule has 6 heteroatoms. The number of benzene rings is 1. The highest BCUT2D eigenvalue weighted by Gasteiger charge is 2.13. The first kappa shape index (κ1) is 15.5. The lowest BCUT2D eigenvalue weighted by Gasteiger charge is -2.09. The SMILES string of the molecule is O=C(Nc1ccccc1-c1cn2ccccc2n1)c1cncc(Br)c1. The van der Waals surface area contributed by atoms with Crippen LogP contribution in [0.4, 0.5) is 5.69 Å². The number of carbonyl (C=O) groups excluding carboxylic acids is 1. The summed E-state index contributed by atoms with van der Waals surface area (Å²) in [6.07, 6.45) is 7.07. The van der Waals surface area contributed by atoms with E-state index < -0.39 is 0 Å². The average Bonchev–Trinajstić information content (AvgIpc) is 3.06. The van der Waals surface area contributed by atoms with Gasteiger partial charge in [0.2, 0.25) is 0 Å². The van der Waals surface area contributed by atoms with E-state index in [9.17, 15) is 4.79 Å². The number of anilines is 1. The van der Waals surface area contributed by atoms with Crippen LogP contribution in [0.2, 0.25) is 0 Å². The number of nitrogens with one attached hydrogen (secondary N) is 1. The Balaban J connectivity index is 1.70. The normalized spacial score (nSPS) is 10.8. The predicted molar refractivity (Wildman–Crippen MR) is 101 cm³/mol. The summed E-state index contributed by atoms with van der Waals surface area (Å²) in [7, 11) is 0. The third kappa shape index (κ3) is 3.16. The first-order valence-electron chi connectivity index (χ1n) is 7.66. The molecule has 1 amide bonds. The van der Waals surface area contributed by atoms with E-state index in [1.165, 1.54) is 6.20 Å². The maximum atomic E-state index is 12.5. The Morgan fingerprint density at radius 3 is 2.76 bits per heavy atom. The molecule has 25 heavy (non-hydrogen) atoms. The van der Waals surface area contributed by atoms with Crippen LogP contribution in [0.15, 0.2) is 77.8 Å². The fourth-order valence-corrected chi connectivity index (χ4v) is 2.98. The molecular formula is C19H13BrN4O. The lowest BCUT2D eigenvalue weighted by atomic mass is 10.1. The number of carbonyl (C=O) groups is 1. The molecule has 0 spiro atoms. The Kier molecular flexibility index (Phi) is 4.03. The van der Waals surface area contributed by atoms with Crippen molar-refractivity contribution in [3.05, 3.63) is 83.4 Å². The van der Waals surface area contributed by atoms with Gasteiger partial charge < -0.3 is 9.72 Å². The topological polar surface area (TPSA) is 59.3 Å². The van der Waals surface area contributed by atoms with E-state index in [0.29, 0.717) is 11.3 Å². The first-order chi connectivity index (χ1) is 12.2. The summed E-state index contributed by atoms with van der Waals surface area (Å²) in [5, 5.41) is 2.95. The van der Waals surface area contributed by atoms with Crippen molar-refractivity contribution in [3.63, 3.8) is 0 Å². The van der Waals surface area contributed by atoms with Gasteiger partial charge in [0, 0.05) is 34.8 Å². The Labute approximate surface area is 152 Å². The Hall–Kier alpha value is -2.99. The van der Waals surface area contributed by atoms with Crippen molar-refractivity contribution in [2.45, 2.75) is 0 Å². The fourth-order valence-electron chi connectivity index (χ4n) is 2.61. The van der Waals surface area contributed by atoms with Crippen molar-refractivity contribution >= 4 is 33.2 Å². The molecule has 0 saturated carbocycles. The van der Waals surface area contributed by atoms with Crippen LogP contribution in [0.1, 0.15) is 10.4 Å². The predicted octanol–water partition coefficient (Wildman–Crippen LogP) is 4.41. The number of aromatic nitrogens is 3. The summed E-state index contributed by atoms with van der Waals surface area (Å²) in [5.41, 5.74) is 3.71. The lowest BCUT2D eigenvalue weighted by molar-refractivity contribution is 0.102. The van der Waals surface area contributed by atoms with Gasteiger partial charge in [-0.05, 0) is 40.2 Å². The standard InChI is InChI=1S/C19H13BrN4O/c20-14-9-13(10-21-11-14)19(25)23-16-6-2-1-5-15(16)17-12-24-8-4-3-7-18(24)22-17/h1-12H,(H,23,25). The zero-order valence-corrected chi connectivity index (χ0v) is 14.6. The molecule has 0 radical (unpaired) electrons. The fraction of sp³-hybridized carbons (Fsp3) is 0. The Bertz CT molecular complexity index is 1040. The number of rotatable bonds is 3. The third-order valence-electron chi connectivity index (χ3n) is 3.78. The van der Waals surface area contributed by atoms with Crippen molar-refractivity contribution in [2.75, 3.05) is 5.32 Å². The zero-order valence-electron chi connectivity index (χ0n) is 13.1. The van der Waals surface area contributed by atoms with Gasteiger partial charge in [-0.1, -0.05) is 24.3 Å². The molecule has 0 aliphatic carbocycles. The minimum atomic E-state index is -0.218. The molecule has 0 saturated heterocycles. The van der Waals surface area contributed by atoms with Crippen molar-refractivity contribution in [1.82, 2.24) is 14.4 Å². The highest BCUT2D eigenvalue weighted by atomic mass is 79.9. The van der Waals surface area contributed by atoms with Gasteiger partial charge in [0.25, 0.3) is 5.91 Å². The molecule has 0 unspecified atom stereocenters. The summed E-state index contributed by atoms with van der Waals surface area (Å²) in [6.45, 7) is 0. The molecule has 0 bridgehead atoms. The average molecular weight is 393 g/mol. The second-order valence-corrected chi connectivity index (χ2v) is 6.40. The Morgan fingerprint density at radius 1 is 1.08 bits per heavy atom. The summed E-state index contributed by atoms with van der Waals surface area (Å²) in [5.74, 6) is -0.218. The highest BCUT2D eigenvalue weighted by Crippen LogP contribution is 2.28. The molecule has 4 rings (SSSR count). The molecule has 3 aromatic heterocycles. The van der Waals surface area contributed by atoms with Gasteiger partial charge in [-0.3, -0.25) is 9.78 Å². The molecule has 3 heterocycles. The van der Waals surface area contributed by atoms with E-state index >= 15 is 0 Å². The largest absolute Gasteiger partial charge is 0.321 e. The molecule has 0 atom stereocenters. The molecule has 4 aromatic rings. The van der Waals surface area contributed by atoms with Gasteiger partial charge in [-0.15, -0.1) is 0 Å². The van der Waals surface area contributed by atoms with E-state index in [1.807, 2.05) is 59.3 Å². The quantitative estimate of drug-likeness (QED) is 0.561. The number of imidazole rings is 1. The van der Waals surface area contributed by atoms with Crippen LogP contribution >= 0.6 is 15.9 Å². The minimum absolute atomic E-state index is 0.218. The second-order valence-electron chi connectivity index (χ2n) is 5.48. The monoisotopic (exact) mass is 392 g/mol. The van der Waals surface area contributed by atoms with Crippen LogP contribution in [-0.4, -0.2) is 20.3 Å². The molecule has 0 aliphatic heterocycles.